The van der Waals surface area contributed by atoms with E-state index >= 15 is 0 Å². The van der Waals surface area contributed by atoms with Gasteiger partial charge in [-0.2, -0.15) is 0 Å². The maximum absolute atomic E-state index is 7.08. The Morgan fingerprint density at radius 1 is 0.329 bits per heavy atom. The zero-order valence-electron chi connectivity index (χ0n) is 39.1. The quantitative estimate of drug-likeness (QED) is 0.158. The van der Waals surface area contributed by atoms with Crippen LogP contribution in [0.3, 0.4) is 0 Å². The maximum atomic E-state index is 7.08. The smallest absolute Gasteiger partial charge is 0.166 e. The lowest BCUT2D eigenvalue weighted by Crippen LogP contribution is -2.05. The maximum Gasteiger partial charge on any atom is 0.166 e. The minimum Gasteiger partial charge on any atom is -0.455 e. The molecule has 0 aliphatic carbocycles. The van der Waals surface area contributed by atoms with Crippen LogP contribution in [-0.2, 0) is 0 Å². The summed E-state index contributed by atoms with van der Waals surface area (Å²) >= 11 is 0. The van der Waals surface area contributed by atoms with Gasteiger partial charge in [0, 0.05) is 60.4 Å². The lowest BCUT2D eigenvalue weighted by Gasteiger charge is -2.18. The molecule has 0 saturated carbocycles. The molecule has 8 nitrogen and oxygen atoms in total. The van der Waals surface area contributed by atoms with Gasteiger partial charge in [0.2, 0.25) is 0 Å². The molecule has 8 heteroatoms. The van der Waals surface area contributed by atoms with Gasteiger partial charge in [0.15, 0.2) is 17.5 Å². The van der Waals surface area contributed by atoms with E-state index in [1.54, 1.807) is 0 Å². The minimum atomic E-state index is 0.514. The third kappa shape index (κ3) is 6.37. The highest BCUT2D eigenvalue weighted by Gasteiger charge is 2.29. The number of hydrogen-bond donors (Lipinski definition) is 0. The van der Waals surface area contributed by atoms with E-state index in [0.717, 1.165) is 127 Å². The second-order valence-electron chi connectivity index (χ2n) is 18.3. The van der Waals surface area contributed by atoms with Crippen LogP contribution in [0.5, 0.6) is 0 Å². The average Bonchev–Trinajstić information content (AvgIpc) is 4.14. The highest BCUT2D eigenvalue weighted by atomic mass is 16.3. The van der Waals surface area contributed by atoms with Crippen LogP contribution in [0, 0.1) is 0 Å². The summed E-state index contributed by atoms with van der Waals surface area (Å²) in [6, 6.07) is 81.7. The molecule has 340 valence electrons. The summed E-state index contributed by atoms with van der Waals surface area (Å²) in [5.41, 5.74) is 15.3. The van der Waals surface area contributed by atoms with Crippen molar-refractivity contribution in [3.8, 4) is 68.1 Å². The molecule has 10 aromatic carbocycles. The van der Waals surface area contributed by atoms with Gasteiger partial charge in [-0.3, -0.25) is 0 Å². The van der Waals surface area contributed by atoms with Crippen LogP contribution >= 0.6 is 0 Å². The molecule has 0 amide bonds. The summed E-state index contributed by atoms with van der Waals surface area (Å²) in [6.07, 6.45) is 0. The first kappa shape index (κ1) is 40.8. The van der Waals surface area contributed by atoms with Gasteiger partial charge < -0.3 is 13.6 Å². The highest BCUT2D eigenvalue weighted by molar-refractivity contribution is 6.39. The van der Waals surface area contributed by atoms with Gasteiger partial charge in [-0.15, -0.1) is 0 Å². The lowest BCUT2D eigenvalue weighted by molar-refractivity contribution is 0.673. The number of fused-ring (bicyclic) bond motifs is 13. The third-order valence-electron chi connectivity index (χ3n) is 14.1. The number of hydrogen-bond acceptors (Lipinski definition) is 6. The summed E-state index contributed by atoms with van der Waals surface area (Å²) in [6.45, 7) is 0. The van der Waals surface area contributed by atoms with Crippen molar-refractivity contribution in [3.63, 3.8) is 0 Å². The second-order valence-corrected chi connectivity index (χ2v) is 18.3. The molecule has 0 atom stereocenters. The molecule has 0 aliphatic rings. The topological polar surface area (TPSA) is 87.5 Å². The summed E-state index contributed by atoms with van der Waals surface area (Å²) in [7, 11) is 0. The van der Waals surface area contributed by atoms with Gasteiger partial charge in [-0.05, 0) is 54.6 Å². The van der Waals surface area contributed by atoms with Crippen molar-refractivity contribution < 1.29 is 4.42 Å². The molecular weight excluding hydrogens is 895 g/mol. The SMILES string of the molecule is c1ccc(-c2nc(-c3ccccc3)nc(-c3cc(-c4nc5ccccc5nc4-c4ccccc4)ccc3-n3c4ccccc4c4c5c6ccccc6oc5c5c6ccccc6n(-c6ccccc6)c5c43)n2)cc1. The molecule has 0 spiro atoms. The van der Waals surface area contributed by atoms with Crippen molar-refractivity contribution in [2.24, 2.45) is 0 Å². The Morgan fingerprint density at radius 2 is 0.808 bits per heavy atom. The molecule has 0 fully saturated rings. The standard InChI is InChI=1S/C65H39N7O/c1-5-21-40(22-6-1)58-59(67-50-33-17-16-32-49(50)66-58)43-37-38-53(48(39-43)65-69-63(41-23-7-2-8-24-41)68-64(70-65)42-25-9-3-10-26-42)72-52-35-19-13-29-45(52)55-56-47-31-15-20-36-54(47)73-62(56)57-46-30-14-18-34-51(46)71(61(57)60(55)72)44-27-11-4-12-28-44/h1-39H. The fourth-order valence-electron chi connectivity index (χ4n) is 11.0. The van der Waals surface area contributed by atoms with Crippen LogP contribution in [0.25, 0.3) is 145 Å². The third-order valence-corrected chi connectivity index (χ3v) is 14.1. The minimum absolute atomic E-state index is 0.514. The Balaban J connectivity index is 1.14. The lowest BCUT2D eigenvalue weighted by atomic mass is 9.99. The fourth-order valence-corrected chi connectivity index (χ4v) is 11.0. The molecule has 0 saturated heterocycles. The van der Waals surface area contributed by atoms with Crippen LogP contribution in [-0.4, -0.2) is 34.1 Å². The Morgan fingerprint density at radius 3 is 1.45 bits per heavy atom. The van der Waals surface area contributed by atoms with E-state index in [4.69, 9.17) is 29.3 Å². The molecule has 0 unspecified atom stereocenters. The number of nitrogens with zero attached hydrogens (tertiary/aromatic N) is 7. The predicted octanol–water partition coefficient (Wildman–Crippen LogP) is 16.2. The molecule has 15 rings (SSSR count). The van der Waals surface area contributed by atoms with Crippen molar-refractivity contribution >= 4 is 76.6 Å². The zero-order chi connectivity index (χ0) is 48.0. The zero-order valence-corrected chi connectivity index (χ0v) is 39.1. The van der Waals surface area contributed by atoms with Gasteiger partial charge in [-0.25, -0.2) is 24.9 Å². The van der Waals surface area contributed by atoms with E-state index in [9.17, 15) is 0 Å². The van der Waals surface area contributed by atoms with Gasteiger partial charge in [-0.1, -0.05) is 182 Å². The molecule has 5 heterocycles. The van der Waals surface area contributed by atoms with Gasteiger partial charge in [0.05, 0.1) is 55.6 Å². The van der Waals surface area contributed by atoms with E-state index in [-0.39, 0.29) is 0 Å². The largest absolute Gasteiger partial charge is 0.455 e. The van der Waals surface area contributed by atoms with E-state index in [1.165, 1.54) is 0 Å². The molecule has 0 aliphatic heterocycles. The van der Waals surface area contributed by atoms with Crippen LogP contribution in [0.15, 0.2) is 241 Å². The average molecular weight is 934 g/mol. The Hall–Kier alpha value is -10.1. The number of aromatic nitrogens is 7. The van der Waals surface area contributed by atoms with Gasteiger partial charge >= 0.3 is 0 Å². The van der Waals surface area contributed by atoms with E-state index in [1.807, 2.05) is 78.9 Å². The fraction of sp³-hybridized carbons (Fsp3) is 0. The van der Waals surface area contributed by atoms with E-state index in [2.05, 4.69) is 167 Å². The number of benzene rings is 10. The van der Waals surface area contributed by atoms with Crippen LogP contribution in [0.2, 0.25) is 0 Å². The van der Waals surface area contributed by atoms with Crippen LogP contribution < -0.4 is 0 Å². The van der Waals surface area contributed by atoms with Crippen molar-refractivity contribution in [2.75, 3.05) is 0 Å². The van der Waals surface area contributed by atoms with E-state index in [0.29, 0.717) is 17.5 Å². The summed E-state index contributed by atoms with van der Waals surface area (Å²) in [5, 5.41) is 6.44. The van der Waals surface area contributed by atoms with Crippen molar-refractivity contribution in [3.05, 3.63) is 237 Å². The number of para-hydroxylation sites is 6. The summed E-state index contributed by atoms with van der Waals surface area (Å²) in [5.74, 6) is 1.65. The van der Waals surface area contributed by atoms with Gasteiger partial charge in [0.1, 0.15) is 11.2 Å². The highest BCUT2D eigenvalue weighted by Crippen LogP contribution is 2.50. The Labute approximate surface area is 417 Å². The second kappa shape index (κ2) is 16.3. The normalized spacial score (nSPS) is 11.8. The molecule has 0 radical (unpaired) electrons. The molecule has 5 aromatic heterocycles. The summed E-state index contributed by atoms with van der Waals surface area (Å²) in [4.78, 5) is 26.8. The molecule has 15 aromatic rings. The van der Waals surface area contributed by atoms with Crippen LogP contribution in [0.1, 0.15) is 0 Å². The first-order valence-electron chi connectivity index (χ1n) is 24.4. The number of furan rings is 1. The first-order valence-corrected chi connectivity index (χ1v) is 24.4. The Bertz CT molecular complexity index is 4600. The molecule has 73 heavy (non-hydrogen) atoms. The Kier molecular flexibility index (Phi) is 9.09. The summed E-state index contributed by atoms with van der Waals surface area (Å²) < 4.78 is 11.9. The number of rotatable bonds is 7. The van der Waals surface area contributed by atoms with E-state index < -0.39 is 0 Å². The first-order chi connectivity index (χ1) is 36.2. The monoisotopic (exact) mass is 933 g/mol. The van der Waals surface area contributed by atoms with Crippen LogP contribution in [0.4, 0.5) is 0 Å². The molecule has 0 N–H and O–H groups in total. The van der Waals surface area contributed by atoms with Crippen molar-refractivity contribution in [2.45, 2.75) is 0 Å². The molecular formula is C65H39N7O. The van der Waals surface area contributed by atoms with Gasteiger partial charge in [0.25, 0.3) is 0 Å². The predicted molar refractivity (Wildman–Crippen MR) is 296 cm³/mol. The van der Waals surface area contributed by atoms with Crippen molar-refractivity contribution in [1.29, 1.82) is 0 Å². The van der Waals surface area contributed by atoms with Crippen molar-refractivity contribution in [1.82, 2.24) is 34.1 Å². The molecule has 0 bridgehead atoms.